The van der Waals surface area contributed by atoms with Crippen molar-refractivity contribution in [2.75, 3.05) is 10.6 Å². The average Bonchev–Trinajstić information content (AvgIpc) is 2.72. The van der Waals surface area contributed by atoms with Gasteiger partial charge in [-0.05, 0) is 70.9 Å². The first-order valence-electron chi connectivity index (χ1n) is 11.2. The number of benzene rings is 2. The normalized spacial score (nSPS) is 17.4. The van der Waals surface area contributed by atoms with Crippen LogP contribution in [0, 0.1) is 5.82 Å². The third kappa shape index (κ3) is 5.73. The van der Waals surface area contributed by atoms with E-state index in [1.54, 1.807) is 30.5 Å². The van der Waals surface area contributed by atoms with Crippen LogP contribution >= 0.6 is 0 Å². The lowest BCUT2D eigenvalue weighted by Gasteiger charge is -2.46. The van der Waals surface area contributed by atoms with E-state index in [4.69, 9.17) is 4.98 Å². The van der Waals surface area contributed by atoms with Gasteiger partial charge in [-0.2, -0.15) is 0 Å². The number of hydrogen-bond donors (Lipinski definition) is 3. The zero-order valence-corrected chi connectivity index (χ0v) is 19.4. The van der Waals surface area contributed by atoms with Crippen molar-refractivity contribution in [2.45, 2.75) is 57.7 Å². The van der Waals surface area contributed by atoms with E-state index >= 15 is 0 Å². The second-order valence-electron chi connectivity index (χ2n) is 9.92. The highest BCUT2D eigenvalue weighted by molar-refractivity contribution is 6.04. The Morgan fingerprint density at radius 1 is 1.03 bits per heavy atom. The number of rotatable bonds is 5. The Kier molecular flexibility index (Phi) is 6.17. The predicted octanol–water partition coefficient (Wildman–Crippen LogP) is 5.26. The second-order valence-corrected chi connectivity index (χ2v) is 9.92. The van der Waals surface area contributed by atoms with E-state index in [9.17, 15) is 9.18 Å². The van der Waals surface area contributed by atoms with Gasteiger partial charge in [0.2, 0.25) is 0 Å². The van der Waals surface area contributed by atoms with Crippen molar-refractivity contribution in [1.29, 1.82) is 0 Å². The van der Waals surface area contributed by atoms with E-state index in [2.05, 4.69) is 48.6 Å². The summed E-state index contributed by atoms with van der Waals surface area (Å²) in [6.07, 6.45) is 3.69. The van der Waals surface area contributed by atoms with Crippen LogP contribution in [0.1, 0.15) is 50.9 Å². The van der Waals surface area contributed by atoms with Crippen LogP contribution in [0.2, 0.25) is 0 Å². The van der Waals surface area contributed by atoms with E-state index in [1.807, 2.05) is 18.2 Å². The summed E-state index contributed by atoms with van der Waals surface area (Å²) >= 11 is 0. The van der Waals surface area contributed by atoms with E-state index < -0.39 is 11.7 Å². The number of anilines is 2. The second kappa shape index (κ2) is 8.90. The van der Waals surface area contributed by atoms with Crippen LogP contribution in [0.15, 0.2) is 60.8 Å². The minimum absolute atomic E-state index is 0.00169. The van der Waals surface area contributed by atoms with Crippen molar-refractivity contribution >= 4 is 17.4 Å². The Labute approximate surface area is 194 Å². The average molecular weight is 448 g/mol. The largest absolute Gasteiger partial charge is 0.367 e. The van der Waals surface area contributed by atoms with Crippen molar-refractivity contribution in [3.05, 3.63) is 72.2 Å². The molecule has 33 heavy (non-hydrogen) atoms. The molecule has 0 aliphatic carbocycles. The number of carbonyl (C=O) groups excluding carboxylic acids is 1. The molecule has 2 heterocycles. The van der Waals surface area contributed by atoms with E-state index in [0.717, 1.165) is 24.2 Å². The van der Waals surface area contributed by atoms with Gasteiger partial charge in [0.15, 0.2) is 5.82 Å². The number of halogens is 1. The fourth-order valence-corrected chi connectivity index (χ4v) is 4.79. The molecule has 0 bridgehead atoms. The van der Waals surface area contributed by atoms with E-state index in [1.165, 1.54) is 12.1 Å². The molecule has 6 nitrogen and oxygen atoms in total. The molecule has 0 radical (unpaired) electrons. The lowest BCUT2D eigenvalue weighted by atomic mass is 9.79. The van der Waals surface area contributed by atoms with Crippen LogP contribution in [0.25, 0.3) is 11.4 Å². The number of piperidine rings is 1. The Morgan fingerprint density at radius 3 is 2.48 bits per heavy atom. The summed E-state index contributed by atoms with van der Waals surface area (Å²) in [6, 6.07) is 15.3. The smallest absolute Gasteiger partial charge is 0.258 e. The molecule has 3 aromatic rings. The highest BCUT2D eigenvalue weighted by Crippen LogP contribution is 2.30. The molecule has 7 heteroatoms. The number of nitrogens with one attached hydrogen (secondary N) is 3. The topological polar surface area (TPSA) is 78.9 Å². The highest BCUT2D eigenvalue weighted by atomic mass is 19.1. The lowest BCUT2D eigenvalue weighted by Crippen LogP contribution is -2.60. The molecular weight excluding hydrogens is 417 g/mol. The van der Waals surface area contributed by atoms with Crippen molar-refractivity contribution in [1.82, 2.24) is 15.3 Å². The van der Waals surface area contributed by atoms with E-state index in [0.29, 0.717) is 11.5 Å². The molecule has 0 unspecified atom stereocenters. The Bertz CT molecular complexity index is 1140. The van der Waals surface area contributed by atoms with Crippen molar-refractivity contribution in [3.63, 3.8) is 0 Å². The molecule has 3 N–H and O–H groups in total. The molecule has 1 aromatic heterocycles. The summed E-state index contributed by atoms with van der Waals surface area (Å²) in [7, 11) is 0. The summed E-state index contributed by atoms with van der Waals surface area (Å²) in [4.78, 5) is 21.6. The standard InChI is InChI=1S/C26H30FN5O/c1-25(2)15-19(16-26(3,4)32-25)29-22-12-13-28-23(31-22)17-8-7-9-18(14-17)30-24(33)20-10-5-6-11-21(20)27/h5-14,19,32H,15-16H2,1-4H3,(H,30,33)(H,28,29,31). The molecule has 0 saturated carbocycles. The third-order valence-electron chi connectivity index (χ3n) is 5.69. The first-order valence-corrected chi connectivity index (χ1v) is 11.2. The summed E-state index contributed by atoms with van der Waals surface area (Å²) in [5, 5.41) is 10.0. The molecule has 0 spiro atoms. The van der Waals surface area contributed by atoms with Crippen LogP contribution < -0.4 is 16.0 Å². The third-order valence-corrected chi connectivity index (χ3v) is 5.69. The van der Waals surface area contributed by atoms with Gasteiger partial charge < -0.3 is 16.0 Å². The molecule has 172 valence electrons. The molecule has 2 aromatic carbocycles. The summed E-state index contributed by atoms with van der Waals surface area (Å²) in [6.45, 7) is 8.87. The molecule has 4 rings (SSSR count). The molecule has 1 fully saturated rings. The van der Waals surface area contributed by atoms with Crippen LogP contribution in [-0.4, -0.2) is 33.0 Å². The number of amides is 1. The fourth-order valence-electron chi connectivity index (χ4n) is 4.79. The van der Waals surface area contributed by atoms with Crippen LogP contribution in [0.3, 0.4) is 0 Å². The number of carbonyl (C=O) groups is 1. The maximum atomic E-state index is 13.9. The first kappa shape index (κ1) is 22.9. The quantitative estimate of drug-likeness (QED) is 0.497. The van der Waals surface area contributed by atoms with E-state index in [-0.39, 0.29) is 22.7 Å². The van der Waals surface area contributed by atoms with Gasteiger partial charge in [0.05, 0.1) is 5.56 Å². The van der Waals surface area contributed by atoms with Crippen LogP contribution in [-0.2, 0) is 0 Å². The van der Waals surface area contributed by atoms with Gasteiger partial charge in [0, 0.05) is 34.6 Å². The Morgan fingerprint density at radius 2 is 1.76 bits per heavy atom. The van der Waals surface area contributed by atoms with Crippen molar-refractivity contribution in [2.24, 2.45) is 0 Å². The SMILES string of the molecule is CC1(C)CC(Nc2ccnc(-c3cccc(NC(=O)c4ccccc4F)c3)n2)CC(C)(C)N1. The molecule has 1 aliphatic heterocycles. The first-order chi connectivity index (χ1) is 15.6. The molecule has 0 atom stereocenters. The molecular formula is C26H30FN5O. The molecule has 1 amide bonds. The fraction of sp³-hybridized carbons (Fsp3) is 0.346. The van der Waals surface area contributed by atoms with Crippen molar-refractivity contribution in [3.8, 4) is 11.4 Å². The van der Waals surface area contributed by atoms with Gasteiger partial charge in [-0.15, -0.1) is 0 Å². The molecule has 1 saturated heterocycles. The number of nitrogens with zero attached hydrogens (tertiary/aromatic N) is 2. The minimum atomic E-state index is -0.558. The maximum Gasteiger partial charge on any atom is 0.258 e. The maximum absolute atomic E-state index is 13.9. The van der Waals surface area contributed by atoms with Gasteiger partial charge in [0.1, 0.15) is 11.6 Å². The van der Waals surface area contributed by atoms with Crippen molar-refractivity contribution < 1.29 is 9.18 Å². The summed E-state index contributed by atoms with van der Waals surface area (Å²) in [5.41, 5.74) is 1.36. The summed E-state index contributed by atoms with van der Waals surface area (Å²) in [5.74, 6) is 0.254. The minimum Gasteiger partial charge on any atom is -0.367 e. The predicted molar refractivity (Wildman–Crippen MR) is 130 cm³/mol. The number of hydrogen-bond acceptors (Lipinski definition) is 5. The molecule has 1 aliphatic rings. The zero-order valence-electron chi connectivity index (χ0n) is 19.4. The van der Waals surface area contributed by atoms with Gasteiger partial charge in [0.25, 0.3) is 5.91 Å². The van der Waals surface area contributed by atoms with Crippen LogP contribution in [0.5, 0.6) is 0 Å². The Balaban J connectivity index is 1.51. The summed E-state index contributed by atoms with van der Waals surface area (Å²) < 4.78 is 13.9. The van der Waals surface area contributed by atoms with Crippen LogP contribution in [0.4, 0.5) is 15.9 Å². The van der Waals surface area contributed by atoms with Gasteiger partial charge in [-0.3, -0.25) is 4.79 Å². The lowest BCUT2D eigenvalue weighted by molar-refractivity contribution is 0.102. The number of aromatic nitrogens is 2. The zero-order chi connectivity index (χ0) is 23.6. The van der Waals surface area contributed by atoms with Gasteiger partial charge >= 0.3 is 0 Å². The van der Waals surface area contributed by atoms with Gasteiger partial charge in [-0.25, -0.2) is 14.4 Å². The van der Waals surface area contributed by atoms with Gasteiger partial charge in [-0.1, -0.05) is 24.3 Å². The highest BCUT2D eigenvalue weighted by Gasteiger charge is 2.37. The Hall–Kier alpha value is -3.32. The monoisotopic (exact) mass is 447 g/mol.